The maximum Gasteiger partial charge on any atom is 0.135 e. The highest BCUT2D eigenvalue weighted by atomic mass is 16.5. The SMILES string of the molecule is C=C(OCC)C(N)=CC(C)=NC1CC1. The van der Waals surface area contributed by atoms with Crippen molar-refractivity contribution in [2.75, 3.05) is 6.61 Å². The molecule has 0 spiro atoms. The molecule has 0 aliphatic heterocycles. The summed E-state index contributed by atoms with van der Waals surface area (Å²) in [7, 11) is 0. The first-order chi connectivity index (χ1) is 6.63. The highest BCUT2D eigenvalue weighted by molar-refractivity contribution is 5.94. The molecule has 14 heavy (non-hydrogen) atoms. The standard InChI is InChI=1S/C11H18N2O/c1-4-14-9(3)11(12)7-8(2)13-10-5-6-10/h7,10H,3-6,12H2,1-2H3. The number of ether oxygens (including phenoxy) is 1. The van der Waals surface area contributed by atoms with E-state index in [4.69, 9.17) is 10.5 Å². The van der Waals surface area contributed by atoms with Crippen molar-refractivity contribution in [3.8, 4) is 0 Å². The van der Waals surface area contributed by atoms with E-state index in [1.54, 1.807) is 0 Å². The van der Waals surface area contributed by atoms with Gasteiger partial charge in [0.25, 0.3) is 0 Å². The van der Waals surface area contributed by atoms with Crippen molar-refractivity contribution in [1.82, 2.24) is 0 Å². The normalized spacial score (nSPS) is 18.1. The van der Waals surface area contributed by atoms with Gasteiger partial charge in [-0.15, -0.1) is 0 Å². The van der Waals surface area contributed by atoms with Gasteiger partial charge in [0, 0.05) is 5.71 Å². The highest BCUT2D eigenvalue weighted by Crippen LogP contribution is 2.23. The number of hydrogen-bond acceptors (Lipinski definition) is 3. The van der Waals surface area contributed by atoms with E-state index in [1.807, 2.05) is 19.9 Å². The third-order valence-corrected chi connectivity index (χ3v) is 1.94. The third-order valence-electron chi connectivity index (χ3n) is 1.94. The minimum absolute atomic E-state index is 0.526. The van der Waals surface area contributed by atoms with Crippen LogP contribution in [0.5, 0.6) is 0 Å². The summed E-state index contributed by atoms with van der Waals surface area (Å²) in [5.41, 5.74) is 7.27. The van der Waals surface area contributed by atoms with E-state index in [0.29, 0.717) is 24.1 Å². The molecule has 0 heterocycles. The zero-order valence-corrected chi connectivity index (χ0v) is 8.92. The molecule has 0 aromatic carbocycles. The van der Waals surface area contributed by atoms with Gasteiger partial charge < -0.3 is 10.5 Å². The van der Waals surface area contributed by atoms with Crippen LogP contribution in [0.25, 0.3) is 0 Å². The number of hydrogen-bond donors (Lipinski definition) is 1. The van der Waals surface area contributed by atoms with Crippen LogP contribution in [0.3, 0.4) is 0 Å². The van der Waals surface area contributed by atoms with Gasteiger partial charge in [-0.05, 0) is 32.8 Å². The molecule has 0 aromatic heterocycles. The first-order valence-electron chi connectivity index (χ1n) is 4.97. The zero-order valence-electron chi connectivity index (χ0n) is 8.92. The molecule has 3 nitrogen and oxygen atoms in total. The minimum atomic E-state index is 0.526. The van der Waals surface area contributed by atoms with E-state index in [1.165, 1.54) is 12.8 Å². The Morgan fingerprint density at radius 1 is 1.64 bits per heavy atom. The Bertz CT molecular complexity index is 275. The number of allylic oxidation sites excluding steroid dienone is 1. The van der Waals surface area contributed by atoms with E-state index >= 15 is 0 Å². The second-order valence-electron chi connectivity index (χ2n) is 3.46. The first kappa shape index (κ1) is 10.8. The van der Waals surface area contributed by atoms with Gasteiger partial charge in [0.05, 0.1) is 18.3 Å². The van der Waals surface area contributed by atoms with Crippen LogP contribution in [0.2, 0.25) is 0 Å². The fraction of sp³-hybridized carbons (Fsp3) is 0.545. The summed E-state index contributed by atoms with van der Waals surface area (Å²) in [6, 6.07) is 0.527. The van der Waals surface area contributed by atoms with Crippen LogP contribution in [0, 0.1) is 0 Å². The summed E-state index contributed by atoms with van der Waals surface area (Å²) in [4.78, 5) is 4.43. The van der Waals surface area contributed by atoms with Gasteiger partial charge in [-0.25, -0.2) is 0 Å². The van der Waals surface area contributed by atoms with Gasteiger partial charge in [-0.3, -0.25) is 4.99 Å². The molecule has 3 heteroatoms. The third kappa shape index (κ3) is 3.64. The molecule has 0 bridgehead atoms. The summed E-state index contributed by atoms with van der Waals surface area (Å²) in [5, 5.41) is 0. The number of aliphatic imine (C=N–C) groups is 1. The van der Waals surface area contributed by atoms with Gasteiger partial charge in [0.15, 0.2) is 0 Å². The fourth-order valence-electron chi connectivity index (χ4n) is 1.09. The summed E-state index contributed by atoms with van der Waals surface area (Å²) in [6.07, 6.45) is 4.23. The molecule has 1 saturated carbocycles. The molecule has 1 fully saturated rings. The molecular weight excluding hydrogens is 176 g/mol. The second kappa shape index (κ2) is 4.84. The highest BCUT2D eigenvalue weighted by Gasteiger charge is 2.19. The minimum Gasteiger partial charge on any atom is -0.492 e. The van der Waals surface area contributed by atoms with Crippen LogP contribution in [0.15, 0.2) is 29.1 Å². The predicted octanol–water partition coefficient (Wildman–Crippen LogP) is 2.00. The van der Waals surface area contributed by atoms with E-state index in [2.05, 4.69) is 11.6 Å². The summed E-state index contributed by atoms with van der Waals surface area (Å²) in [5.74, 6) is 0.526. The second-order valence-corrected chi connectivity index (χ2v) is 3.46. The molecule has 1 aliphatic carbocycles. The van der Waals surface area contributed by atoms with E-state index in [0.717, 1.165) is 5.71 Å². The largest absolute Gasteiger partial charge is 0.492 e. The maximum absolute atomic E-state index is 5.76. The van der Waals surface area contributed by atoms with Crippen molar-refractivity contribution < 1.29 is 4.74 Å². The summed E-state index contributed by atoms with van der Waals surface area (Å²) >= 11 is 0. The van der Waals surface area contributed by atoms with E-state index < -0.39 is 0 Å². The Kier molecular flexibility index (Phi) is 3.74. The molecule has 0 aromatic rings. The lowest BCUT2D eigenvalue weighted by atomic mass is 10.3. The van der Waals surface area contributed by atoms with Crippen molar-refractivity contribution >= 4 is 5.71 Å². The average Bonchev–Trinajstić information content (AvgIpc) is 2.88. The fourth-order valence-corrected chi connectivity index (χ4v) is 1.09. The molecule has 78 valence electrons. The quantitative estimate of drug-likeness (QED) is 0.413. The number of nitrogens with two attached hydrogens (primary N) is 1. The van der Waals surface area contributed by atoms with Crippen molar-refractivity contribution in [2.24, 2.45) is 10.7 Å². The van der Waals surface area contributed by atoms with Crippen LogP contribution >= 0.6 is 0 Å². The first-order valence-corrected chi connectivity index (χ1v) is 4.97. The van der Waals surface area contributed by atoms with Crippen molar-refractivity contribution in [2.45, 2.75) is 32.7 Å². The molecule has 0 atom stereocenters. The summed E-state index contributed by atoms with van der Waals surface area (Å²) < 4.78 is 5.18. The van der Waals surface area contributed by atoms with Crippen LogP contribution in [0.4, 0.5) is 0 Å². The van der Waals surface area contributed by atoms with Crippen LogP contribution in [-0.2, 0) is 4.74 Å². The Morgan fingerprint density at radius 2 is 2.29 bits per heavy atom. The van der Waals surface area contributed by atoms with Crippen molar-refractivity contribution in [3.05, 3.63) is 24.1 Å². The topological polar surface area (TPSA) is 47.6 Å². The van der Waals surface area contributed by atoms with Crippen LogP contribution in [-0.4, -0.2) is 18.4 Å². The molecule has 0 saturated heterocycles. The van der Waals surface area contributed by atoms with Gasteiger partial charge in [-0.2, -0.15) is 0 Å². The van der Waals surface area contributed by atoms with Gasteiger partial charge in [0.1, 0.15) is 5.76 Å². The maximum atomic E-state index is 5.76. The smallest absolute Gasteiger partial charge is 0.135 e. The van der Waals surface area contributed by atoms with Gasteiger partial charge in [0.2, 0.25) is 0 Å². The Hall–Kier alpha value is -1.25. The lowest BCUT2D eigenvalue weighted by molar-refractivity contribution is 0.238. The Balaban J connectivity index is 2.52. The molecular formula is C11H18N2O. The molecule has 0 unspecified atom stereocenters. The van der Waals surface area contributed by atoms with Crippen molar-refractivity contribution in [1.29, 1.82) is 0 Å². The predicted molar refractivity (Wildman–Crippen MR) is 59.2 cm³/mol. The molecule has 0 radical (unpaired) electrons. The van der Waals surface area contributed by atoms with Crippen molar-refractivity contribution in [3.63, 3.8) is 0 Å². The van der Waals surface area contributed by atoms with E-state index in [-0.39, 0.29) is 0 Å². The average molecular weight is 194 g/mol. The van der Waals surface area contributed by atoms with Crippen LogP contribution in [0.1, 0.15) is 26.7 Å². The monoisotopic (exact) mass is 194 g/mol. The summed E-state index contributed by atoms with van der Waals surface area (Å²) in [6.45, 7) is 8.17. The van der Waals surface area contributed by atoms with E-state index in [9.17, 15) is 0 Å². The van der Waals surface area contributed by atoms with Gasteiger partial charge >= 0.3 is 0 Å². The van der Waals surface area contributed by atoms with Gasteiger partial charge in [-0.1, -0.05) is 6.58 Å². The number of rotatable bonds is 5. The molecule has 1 rings (SSSR count). The Labute approximate surface area is 85.4 Å². The molecule has 1 aliphatic rings. The zero-order chi connectivity index (χ0) is 10.6. The lowest BCUT2D eigenvalue weighted by Crippen LogP contribution is -2.06. The Morgan fingerprint density at radius 3 is 2.79 bits per heavy atom. The number of nitrogens with zero attached hydrogens (tertiary/aromatic N) is 1. The van der Waals surface area contributed by atoms with Crippen LogP contribution < -0.4 is 5.73 Å². The molecule has 0 amide bonds. The molecule has 2 N–H and O–H groups in total. The lowest BCUT2D eigenvalue weighted by Gasteiger charge is -2.06.